The summed E-state index contributed by atoms with van der Waals surface area (Å²) in [6.07, 6.45) is 6.90. The van der Waals surface area contributed by atoms with Gasteiger partial charge in [0.05, 0.1) is 18.5 Å². The molecule has 1 saturated heterocycles. The van der Waals surface area contributed by atoms with Crippen LogP contribution in [0.25, 0.3) is 0 Å². The maximum atomic E-state index is 5.96. The number of anilines is 2. The third-order valence-electron chi connectivity index (χ3n) is 5.21. The van der Waals surface area contributed by atoms with Gasteiger partial charge in [0.15, 0.2) is 0 Å². The third kappa shape index (κ3) is 3.96. The van der Waals surface area contributed by atoms with Gasteiger partial charge in [0.2, 0.25) is 5.95 Å². The summed E-state index contributed by atoms with van der Waals surface area (Å²) >= 11 is 0. The van der Waals surface area contributed by atoms with Crippen molar-refractivity contribution in [2.75, 3.05) is 43.9 Å². The number of nitrogens with zero attached hydrogens (tertiary/aromatic N) is 5. The number of hydrogen-bond donors (Lipinski definition) is 2. The minimum Gasteiger partial charge on any atom is -0.381 e. The van der Waals surface area contributed by atoms with Crippen LogP contribution in [-0.2, 0) is 31.2 Å². The topological polar surface area (TPSA) is 94.1 Å². The van der Waals surface area contributed by atoms with Gasteiger partial charge in [-0.25, -0.2) is 4.98 Å². The molecule has 4 rings (SSSR count). The molecule has 2 aliphatic heterocycles. The molecule has 0 spiro atoms. The maximum Gasteiger partial charge on any atom is 0.222 e. The third-order valence-corrected chi connectivity index (χ3v) is 5.21. The number of rotatable bonds is 5. The second kappa shape index (κ2) is 7.59. The number of nitrogens with two attached hydrogens (primary N) is 1. The van der Waals surface area contributed by atoms with E-state index in [4.69, 9.17) is 10.5 Å². The van der Waals surface area contributed by atoms with E-state index >= 15 is 0 Å². The Balaban J connectivity index is 1.45. The summed E-state index contributed by atoms with van der Waals surface area (Å²) < 4.78 is 7.32. The van der Waals surface area contributed by atoms with Gasteiger partial charge in [0.25, 0.3) is 0 Å². The quantitative estimate of drug-likeness (QED) is 0.819. The second-order valence-electron chi connectivity index (χ2n) is 7.26. The lowest BCUT2D eigenvalue weighted by Crippen LogP contribution is -2.32. The molecule has 0 aliphatic carbocycles. The monoisotopic (exact) mass is 357 g/mol. The predicted molar refractivity (Wildman–Crippen MR) is 99.8 cm³/mol. The molecule has 2 aromatic heterocycles. The van der Waals surface area contributed by atoms with E-state index < -0.39 is 0 Å². The lowest BCUT2D eigenvalue weighted by molar-refractivity contribution is 0.168. The number of aryl methyl sites for hydroxylation is 1. The largest absolute Gasteiger partial charge is 0.381 e. The summed E-state index contributed by atoms with van der Waals surface area (Å²) in [5.41, 5.74) is 9.37. The second-order valence-corrected chi connectivity index (χ2v) is 7.26. The number of nitrogens with one attached hydrogen (secondary N) is 1. The van der Waals surface area contributed by atoms with Gasteiger partial charge in [-0.15, -0.1) is 0 Å². The molecule has 1 atom stereocenters. The van der Waals surface area contributed by atoms with Crippen LogP contribution in [0.15, 0.2) is 12.4 Å². The molecule has 8 nitrogen and oxygen atoms in total. The van der Waals surface area contributed by atoms with E-state index in [1.54, 1.807) is 4.68 Å². The van der Waals surface area contributed by atoms with Crippen molar-refractivity contribution < 1.29 is 4.74 Å². The van der Waals surface area contributed by atoms with Crippen molar-refractivity contribution in [2.45, 2.75) is 25.8 Å². The molecular formula is C18H27N7O. The molecule has 0 aromatic carbocycles. The SMILES string of the molecule is Cn1cc(CNc2nc(N)nc3c2CCN(CC2CCOC2)CC3)cn1. The van der Waals surface area contributed by atoms with E-state index in [0.717, 1.165) is 62.8 Å². The maximum absolute atomic E-state index is 5.96. The summed E-state index contributed by atoms with van der Waals surface area (Å²) in [5.74, 6) is 1.87. The Hall–Kier alpha value is -2.19. The fraction of sp³-hybridized carbons (Fsp3) is 0.611. The molecule has 0 saturated carbocycles. The lowest BCUT2D eigenvalue weighted by Gasteiger charge is -2.22. The zero-order valence-electron chi connectivity index (χ0n) is 15.3. The number of ether oxygens (including phenoxy) is 1. The van der Waals surface area contributed by atoms with E-state index in [9.17, 15) is 0 Å². The summed E-state index contributed by atoms with van der Waals surface area (Å²) in [6, 6.07) is 0. The van der Waals surface area contributed by atoms with Crippen LogP contribution >= 0.6 is 0 Å². The van der Waals surface area contributed by atoms with Gasteiger partial charge in [-0.3, -0.25) is 4.68 Å². The highest BCUT2D eigenvalue weighted by atomic mass is 16.5. The number of hydrogen-bond acceptors (Lipinski definition) is 7. The molecule has 0 amide bonds. The normalized spacial score (nSPS) is 20.7. The Morgan fingerprint density at radius 3 is 2.96 bits per heavy atom. The smallest absolute Gasteiger partial charge is 0.222 e. The van der Waals surface area contributed by atoms with Crippen molar-refractivity contribution >= 4 is 11.8 Å². The summed E-state index contributed by atoms with van der Waals surface area (Å²) in [4.78, 5) is 11.5. The zero-order valence-corrected chi connectivity index (χ0v) is 15.3. The predicted octanol–water partition coefficient (Wildman–Crippen LogP) is 0.842. The molecular weight excluding hydrogens is 330 g/mol. The molecule has 3 N–H and O–H groups in total. The van der Waals surface area contributed by atoms with Gasteiger partial charge in [-0.05, 0) is 18.8 Å². The van der Waals surface area contributed by atoms with Gasteiger partial charge in [-0.2, -0.15) is 10.1 Å². The fourth-order valence-electron chi connectivity index (χ4n) is 3.83. The van der Waals surface area contributed by atoms with Crippen LogP contribution in [-0.4, -0.2) is 57.5 Å². The minimum absolute atomic E-state index is 0.343. The molecule has 1 unspecified atom stereocenters. The van der Waals surface area contributed by atoms with E-state index in [0.29, 0.717) is 18.4 Å². The van der Waals surface area contributed by atoms with Crippen molar-refractivity contribution in [1.29, 1.82) is 0 Å². The highest BCUT2D eigenvalue weighted by Crippen LogP contribution is 2.24. The van der Waals surface area contributed by atoms with Crippen LogP contribution in [0.1, 0.15) is 23.2 Å². The summed E-state index contributed by atoms with van der Waals surface area (Å²) in [6.45, 7) is 5.63. The number of nitrogen functional groups attached to an aromatic ring is 1. The Kier molecular flexibility index (Phi) is 5.03. The van der Waals surface area contributed by atoms with Crippen LogP contribution < -0.4 is 11.1 Å². The number of aromatic nitrogens is 4. The first-order chi connectivity index (χ1) is 12.7. The van der Waals surface area contributed by atoms with Crippen LogP contribution in [0.2, 0.25) is 0 Å². The van der Waals surface area contributed by atoms with Gasteiger partial charge in [0, 0.05) is 63.6 Å². The molecule has 26 heavy (non-hydrogen) atoms. The van der Waals surface area contributed by atoms with E-state index in [-0.39, 0.29) is 0 Å². The van der Waals surface area contributed by atoms with Gasteiger partial charge in [0.1, 0.15) is 5.82 Å². The summed E-state index contributed by atoms with van der Waals surface area (Å²) in [5, 5.41) is 7.65. The van der Waals surface area contributed by atoms with Gasteiger partial charge < -0.3 is 20.7 Å². The number of fused-ring (bicyclic) bond motifs is 1. The Morgan fingerprint density at radius 1 is 1.31 bits per heavy atom. The molecule has 1 fully saturated rings. The fourth-order valence-corrected chi connectivity index (χ4v) is 3.83. The molecule has 4 heterocycles. The van der Waals surface area contributed by atoms with Crippen molar-refractivity contribution in [3.63, 3.8) is 0 Å². The molecule has 0 radical (unpaired) electrons. The minimum atomic E-state index is 0.343. The van der Waals surface area contributed by atoms with E-state index in [1.807, 2.05) is 19.4 Å². The molecule has 2 aliphatic rings. The Morgan fingerprint density at radius 2 is 2.19 bits per heavy atom. The van der Waals surface area contributed by atoms with Crippen LogP contribution in [0, 0.1) is 5.92 Å². The highest BCUT2D eigenvalue weighted by Gasteiger charge is 2.23. The first-order valence-corrected chi connectivity index (χ1v) is 9.34. The Bertz CT molecular complexity index is 754. The average molecular weight is 357 g/mol. The standard InChI is InChI=1S/C18H27N7O/c1-24-10-14(9-21-24)8-20-17-15-2-5-25(11-13-4-7-26-12-13)6-3-16(15)22-18(19)23-17/h9-10,13H,2-8,11-12H2,1H3,(H3,19,20,22,23). The van der Waals surface area contributed by atoms with Crippen molar-refractivity contribution in [2.24, 2.45) is 13.0 Å². The van der Waals surface area contributed by atoms with E-state index in [1.165, 1.54) is 12.0 Å². The first-order valence-electron chi connectivity index (χ1n) is 9.34. The van der Waals surface area contributed by atoms with Crippen molar-refractivity contribution in [3.8, 4) is 0 Å². The highest BCUT2D eigenvalue weighted by molar-refractivity contribution is 5.50. The van der Waals surface area contributed by atoms with Gasteiger partial charge in [-0.1, -0.05) is 0 Å². The molecule has 8 heteroatoms. The Labute approximate surface area is 153 Å². The lowest BCUT2D eigenvalue weighted by atomic mass is 10.1. The first kappa shape index (κ1) is 17.2. The zero-order chi connectivity index (χ0) is 17.9. The van der Waals surface area contributed by atoms with Crippen LogP contribution in [0.5, 0.6) is 0 Å². The average Bonchev–Trinajstić information content (AvgIpc) is 3.23. The van der Waals surface area contributed by atoms with E-state index in [2.05, 4.69) is 25.3 Å². The molecule has 140 valence electrons. The van der Waals surface area contributed by atoms with Crippen molar-refractivity contribution in [3.05, 3.63) is 29.2 Å². The van der Waals surface area contributed by atoms with Crippen molar-refractivity contribution in [1.82, 2.24) is 24.6 Å². The summed E-state index contributed by atoms with van der Waals surface area (Å²) in [7, 11) is 1.92. The van der Waals surface area contributed by atoms with Gasteiger partial charge >= 0.3 is 0 Å². The molecule has 0 bridgehead atoms. The van der Waals surface area contributed by atoms with Crippen LogP contribution in [0.3, 0.4) is 0 Å². The molecule has 2 aromatic rings. The van der Waals surface area contributed by atoms with Crippen LogP contribution in [0.4, 0.5) is 11.8 Å².